The van der Waals surface area contributed by atoms with Gasteiger partial charge in [-0.25, -0.2) is 12.8 Å². The number of allylic oxidation sites excluding steroid dienone is 2. The number of rotatable bonds is 2. The Morgan fingerprint density at radius 2 is 1.48 bits per heavy atom. The third-order valence-electron chi connectivity index (χ3n) is 4.56. The van der Waals surface area contributed by atoms with E-state index in [9.17, 15) is 18.6 Å². The van der Waals surface area contributed by atoms with Crippen LogP contribution in [-0.2, 0) is 10.0 Å². The van der Waals surface area contributed by atoms with E-state index in [0.29, 0.717) is 10.8 Å². The van der Waals surface area contributed by atoms with Crippen molar-refractivity contribution in [1.29, 1.82) is 5.41 Å². The van der Waals surface area contributed by atoms with Crippen LogP contribution >= 0.6 is 0 Å². The van der Waals surface area contributed by atoms with Crippen LogP contribution < -0.4 is 29.6 Å². The van der Waals surface area contributed by atoms with Gasteiger partial charge in [0.2, 0.25) is 0 Å². The van der Waals surface area contributed by atoms with E-state index in [1.165, 1.54) is 18.2 Å². The number of aromatic hydroxyl groups is 2. The summed E-state index contributed by atoms with van der Waals surface area (Å²) >= 11 is 0. The molecule has 0 saturated carbocycles. The maximum atomic E-state index is 12.7. The average molecular weight is 414 g/mol. The van der Waals surface area contributed by atoms with Crippen LogP contribution in [0.1, 0.15) is 16.7 Å². The third-order valence-corrected chi connectivity index (χ3v) is 5.86. The number of hydrogen-bond acceptors (Lipinski definition) is 5. The molecular weight excluding hydrogens is 399 g/mol. The summed E-state index contributed by atoms with van der Waals surface area (Å²) in [5.41, 5.74) is 0.642. The molecule has 3 aromatic rings. The molecule has 0 aromatic heterocycles. The van der Waals surface area contributed by atoms with Crippen LogP contribution in [0, 0.1) is 18.4 Å². The van der Waals surface area contributed by atoms with E-state index in [1.807, 2.05) is 6.92 Å². The van der Waals surface area contributed by atoms with Crippen molar-refractivity contribution in [2.75, 3.05) is 0 Å². The number of nitrogens with zero attached hydrogens (tertiary/aromatic N) is 1. The SMILES string of the molecule is Cc1ccc(S(=O)(=O)N=C2C=[C-]C(=N)c3c2c(O)c2ccccc2c3O)cc1.[Na+]. The molecule has 0 bridgehead atoms. The molecule has 0 saturated heterocycles. The van der Waals surface area contributed by atoms with Crippen molar-refractivity contribution < 1.29 is 48.2 Å². The standard InChI is InChI=1S/C21H15N2O4S.Na/c1-12-6-8-13(9-7-12)28(26,27)23-17-11-10-16(22)18-19(17)21(25)15-5-3-2-4-14(15)20(18)24;/h2-9,11,22,24-25H,1H3;/q-1;+1. The predicted octanol–water partition coefficient (Wildman–Crippen LogP) is 0.482. The van der Waals surface area contributed by atoms with Crippen LogP contribution in [0.2, 0.25) is 0 Å². The largest absolute Gasteiger partial charge is 1.00 e. The van der Waals surface area contributed by atoms with Crippen molar-refractivity contribution in [1.82, 2.24) is 0 Å². The van der Waals surface area contributed by atoms with Crippen LogP contribution in [0.15, 0.2) is 63.9 Å². The minimum absolute atomic E-state index is 0. The van der Waals surface area contributed by atoms with Crippen molar-refractivity contribution in [2.45, 2.75) is 11.8 Å². The molecule has 8 heteroatoms. The second-order valence-electron chi connectivity index (χ2n) is 6.42. The molecule has 0 fully saturated rings. The molecule has 0 amide bonds. The topological polar surface area (TPSA) is 111 Å². The Bertz CT molecular complexity index is 1310. The fourth-order valence-corrected chi connectivity index (χ4v) is 4.13. The zero-order valence-corrected chi connectivity index (χ0v) is 18.6. The number of sulfonamides is 1. The summed E-state index contributed by atoms with van der Waals surface area (Å²) in [6, 6.07) is 12.8. The van der Waals surface area contributed by atoms with Gasteiger partial charge in [-0.2, -0.15) is 6.08 Å². The summed E-state index contributed by atoms with van der Waals surface area (Å²) in [6.45, 7) is 1.84. The number of nitrogens with one attached hydrogen (secondary N) is 1. The Morgan fingerprint density at radius 3 is 2.07 bits per heavy atom. The number of phenolic OH excluding ortho intramolecular Hbond substituents is 2. The zero-order chi connectivity index (χ0) is 20.1. The molecule has 140 valence electrons. The number of fused-ring (bicyclic) bond motifs is 2. The van der Waals surface area contributed by atoms with Crippen molar-refractivity contribution in [2.24, 2.45) is 4.40 Å². The van der Waals surface area contributed by atoms with E-state index in [4.69, 9.17) is 5.41 Å². The van der Waals surface area contributed by atoms with Gasteiger partial charge in [0, 0.05) is 10.8 Å². The molecule has 6 nitrogen and oxygen atoms in total. The smallest absolute Gasteiger partial charge is 0.520 e. The van der Waals surface area contributed by atoms with Crippen molar-refractivity contribution in [3.63, 3.8) is 0 Å². The van der Waals surface area contributed by atoms with E-state index in [2.05, 4.69) is 10.5 Å². The van der Waals surface area contributed by atoms with Gasteiger partial charge in [0.1, 0.15) is 5.75 Å². The van der Waals surface area contributed by atoms with Crippen LogP contribution in [0.4, 0.5) is 0 Å². The van der Waals surface area contributed by atoms with E-state index in [1.54, 1.807) is 36.4 Å². The Kier molecular flexibility index (Phi) is 5.69. The average Bonchev–Trinajstić information content (AvgIpc) is 2.67. The van der Waals surface area contributed by atoms with Gasteiger partial charge >= 0.3 is 29.6 Å². The predicted molar refractivity (Wildman–Crippen MR) is 107 cm³/mol. The molecule has 4 rings (SSSR count). The Hall–Kier alpha value is -2.45. The minimum Gasteiger partial charge on any atom is -0.520 e. The zero-order valence-electron chi connectivity index (χ0n) is 15.8. The molecule has 29 heavy (non-hydrogen) atoms. The summed E-state index contributed by atoms with van der Waals surface area (Å²) in [5.74, 6) is -0.474. The number of aryl methyl sites for hydroxylation is 1. The second-order valence-corrected chi connectivity index (χ2v) is 8.03. The molecule has 3 N–H and O–H groups in total. The summed E-state index contributed by atoms with van der Waals surface area (Å²) in [6.07, 6.45) is 3.82. The van der Waals surface area contributed by atoms with Gasteiger partial charge in [0.15, 0.2) is 0 Å². The maximum absolute atomic E-state index is 12.7. The van der Waals surface area contributed by atoms with E-state index in [0.717, 1.165) is 5.56 Å². The van der Waals surface area contributed by atoms with Gasteiger partial charge < -0.3 is 15.6 Å². The van der Waals surface area contributed by atoms with Gasteiger partial charge in [-0.15, -0.1) is 6.08 Å². The van der Waals surface area contributed by atoms with Crippen molar-refractivity contribution in [3.8, 4) is 11.5 Å². The molecule has 0 atom stereocenters. The molecule has 1 aliphatic carbocycles. The second kappa shape index (κ2) is 7.76. The number of phenols is 2. The van der Waals surface area contributed by atoms with Crippen LogP contribution in [0.5, 0.6) is 11.5 Å². The summed E-state index contributed by atoms with van der Waals surface area (Å²) < 4.78 is 29.3. The molecule has 0 spiro atoms. The van der Waals surface area contributed by atoms with Gasteiger partial charge in [0.05, 0.1) is 10.6 Å². The molecule has 0 unspecified atom stereocenters. The molecule has 0 heterocycles. The monoisotopic (exact) mass is 414 g/mol. The Morgan fingerprint density at radius 1 is 0.931 bits per heavy atom. The van der Waals surface area contributed by atoms with Crippen LogP contribution in [0.3, 0.4) is 0 Å². The molecular formula is C21H15N2NaO4S. The number of benzene rings is 3. The van der Waals surface area contributed by atoms with Gasteiger partial charge in [-0.05, 0) is 30.5 Å². The first-order valence-corrected chi connectivity index (χ1v) is 9.81. The fraction of sp³-hybridized carbons (Fsp3) is 0.0476. The number of hydrogen-bond donors (Lipinski definition) is 3. The van der Waals surface area contributed by atoms with E-state index in [-0.39, 0.29) is 68.5 Å². The quantitative estimate of drug-likeness (QED) is 0.322. The minimum atomic E-state index is -4.07. The van der Waals surface area contributed by atoms with Crippen LogP contribution in [0.25, 0.3) is 10.8 Å². The molecule has 0 aliphatic heterocycles. The molecule has 1 aliphatic rings. The summed E-state index contributed by atoms with van der Waals surface area (Å²) in [5, 5.41) is 30.2. The summed E-state index contributed by atoms with van der Waals surface area (Å²) in [7, 11) is -4.07. The van der Waals surface area contributed by atoms with Crippen LogP contribution in [-0.4, -0.2) is 30.1 Å². The maximum Gasteiger partial charge on any atom is 1.00 e. The summed E-state index contributed by atoms with van der Waals surface area (Å²) in [4.78, 5) is 0.00528. The Labute approximate surface area is 190 Å². The van der Waals surface area contributed by atoms with Gasteiger partial charge in [-0.3, -0.25) is 0 Å². The first kappa shape index (κ1) is 21.3. The van der Waals surface area contributed by atoms with E-state index >= 15 is 0 Å². The van der Waals surface area contributed by atoms with Crippen molar-refractivity contribution in [3.05, 3.63) is 77.4 Å². The third kappa shape index (κ3) is 3.62. The molecule has 0 radical (unpaired) electrons. The molecule has 3 aromatic carbocycles. The first-order valence-electron chi connectivity index (χ1n) is 8.37. The fourth-order valence-electron chi connectivity index (χ4n) is 3.14. The Balaban J connectivity index is 0.00000240. The van der Waals surface area contributed by atoms with E-state index < -0.39 is 10.0 Å². The van der Waals surface area contributed by atoms with Gasteiger partial charge in [0.25, 0.3) is 10.0 Å². The van der Waals surface area contributed by atoms with Crippen molar-refractivity contribution >= 4 is 32.2 Å². The van der Waals surface area contributed by atoms with Gasteiger partial charge in [-0.1, -0.05) is 53.1 Å². The first-order chi connectivity index (χ1) is 13.3. The normalized spacial score (nSPS) is 14.7.